The number of hydrogen-bond donors (Lipinski definition) is 1. The first-order chi connectivity index (χ1) is 11.0. The normalized spacial score (nSPS) is 10.7. The maximum absolute atomic E-state index is 12.0. The first-order valence-corrected chi connectivity index (χ1v) is 7.37. The van der Waals surface area contributed by atoms with Gasteiger partial charge in [-0.05, 0) is 12.1 Å². The summed E-state index contributed by atoms with van der Waals surface area (Å²) >= 11 is 7.23. The number of nitrogens with one attached hydrogen (secondary N) is 1. The van der Waals surface area contributed by atoms with E-state index in [1.54, 1.807) is 12.1 Å². The van der Waals surface area contributed by atoms with Crippen LogP contribution in [0.2, 0.25) is 5.02 Å². The molecule has 1 amide bonds. The highest BCUT2D eigenvalue weighted by Crippen LogP contribution is 2.34. The SMILES string of the molecule is COc1cc2sc(NC(=O)c3ccc([N+](=O)[O-])o3)nc2cc1Cl. The smallest absolute Gasteiger partial charge is 0.433 e. The Balaban J connectivity index is 1.85. The predicted molar refractivity (Wildman–Crippen MR) is 84.5 cm³/mol. The van der Waals surface area contributed by atoms with Crippen molar-refractivity contribution in [1.29, 1.82) is 0 Å². The number of halogens is 1. The molecule has 3 rings (SSSR count). The van der Waals surface area contributed by atoms with Gasteiger partial charge in [0.25, 0.3) is 5.91 Å². The van der Waals surface area contributed by atoms with Gasteiger partial charge in [0.1, 0.15) is 10.7 Å². The molecular weight excluding hydrogens is 346 g/mol. The third kappa shape index (κ3) is 2.96. The number of methoxy groups -OCH3 is 1. The summed E-state index contributed by atoms with van der Waals surface area (Å²) in [6.45, 7) is 0. The Labute approximate surface area is 137 Å². The molecule has 0 spiro atoms. The number of carbonyl (C=O) groups excluding carboxylic acids is 1. The molecule has 0 fully saturated rings. The molecule has 0 atom stereocenters. The van der Waals surface area contributed by atoms with Gasteiger partial charge in [0.2, 0.25) is 0 Å². The molecule has 10 heteroatoms. The van der Waals surface area contributed by atoms with Crippen LogP contribution in [0.3, 0.4) is 0 Å². The molecule has 0 aliphatic rings. The van der Waals surface area contributed by atoms with Gasteiger partial charge in [0.05, 0.1) is 28.4 Å². The lowest BCUT2D eigenvalue weighted by atomic mass is 10.3. The third-order valence-corrected chi connectivity index (χ3v) is 4.11. The monoisotopic (exact) mass is 353 g/mol. The fourth-order valence-corrected chi connectivity index (χ4v) is 2.95. The molecular formula is C13H8ClN3O5S. The van der Waals surface area contributed by atoms with Gasteiger partial charge < -0.3 is 9.15 Å². The average molecular weight is 354 g/mol. The highest BCUT2D eigenvalue weighted by Gasteiger charge is 2.18. The zero-order chi connectivity index (χ0) is 16.6. The Morgan fingerprint density at radius 1 is 1.48 bits per heavy atom. The van der Waals surface area contributed by atoms with Crippen molar-refractivity contribution in [3.05, 3.63) is 45.2 Å². The lowest BCUT2D eigenvalue weighted by Crippen LogP contribution is -2.10. The van der Waals surface area contributed by atoms with Gasteiger partial charge in [-0.1, -0.05) is 22.9 Å². The van der Waals surface area contributed by atoms with Crippen molar-refractivity contribution < 1.29 is 18.9 Å². The number of rotatable bonds is 4. The van der Waals surface area contributed by atoms with Crippen LogP contribution in [0.1, 0.15) is 10.6 Å². The van der Waals surface area contributed by atoms with Gasteiger partial charge in [0, 0.05) is 6.07 Å². The van der Waals surface area contributed by atoms with E-state index in [1.807, 2.05) is 0 Å². The molecule has 23 heavy (non-hydrogen) atoms. The Kier molecular flexibility index (Phi) is 3.89. The molecule has 0 aliphatic carbocycles. The Hall–Kier alpha value is -2.65. The summed E-state index contributed by atoms with van der Waals surface area (Å²) in [4.78, 5) is 26.1. The van der Waals surface area contributed by atoms with E-state index in [9.17, 15) is 14.9 Å². The largest absolute Gasteiger partial charge is 0.495 e. The van der Waals surface area contributed by atoms with Crippen molar-refractivity contribution in [1.82, 2.24) is 4.98 Å². The highest BCUT2D eigenvalue weighted by atomic mass is 35.5. The van der Waals surface area contributed by atoms with Crippen LogP contribution in [0.4, 0.5) is 11.0 Å². The summed E-state index contributed by atoms with van der Waals surface area (Å²) in [5.41, 5.74) is 0.599. The molecule has 1 aromatic carbocycles. The number of furan rings is 1. The Morgan fingerprint density at radius 2 is 2.26 bits per heavy atom. The van der Waals surface area contributed by atoms with Crippen LogP contribution in [-0.2, 0) is 0 Å². The standard InChI is InChI=1S/C13H8ClN3O5S/c1-21-9-5-10-7(4-6(9)14)15-13(23-10)16-12(18)8-2-3-11(22-8)17(19)20/h2-5H,1H3,(H,15,16,18). The average Bonchev–Trinajstić information content (AvgIpc) is 3.12. The quantitative estimate of drug-likeness (QED) is 0.565. The van der Waals surface area contributed by atoms with Crippen LogP contribution < -0.4 is 10.1 Å². The molecule has 8 nitrogen and oxygen atoms in total. The van der Waals surface area contributed by atoms with E-state index in [0.29, 0.717) is 21.4 Å². The van der Waals surface area contributed by atoms with Crippen molar-refractivity contribution in [3.8, 4) is 5.75 Å². The topological polar surface area (TPSA) is 108 Å². The van der Waals surface area contributed by atoms with E-state index in [-0.39, 0.29) is 5.76 Å². The van der Waals surface area contributed by atoms with Crippen molar-refractivity contribution in [2.45, 2.75) is 0 Å². The number of fused-ring (bicyclic) bond motifs is 1. The maximum atomic E-state index is 12.0. The number of anilines is 1. The lowest BCUT2D eigenvalue weighted by molar-refractivity contribution is -0.402. The minimum absolute atomic E-state index is 0.174. The van der Waals surface area contributed by atoms with Crippen LogP contribution in [0.5, 0.6) is 5.75 Å². The molecule has 1 N–H and O–H groups in total. The van der Waals surface area contributed by atoms with Gasteiger partial charge >= 0.3 is 5.88 Å². The first-order valence-electron chi connectivity index (χ1n) is 6.17. The van der Waals surface area contributed by atoms with Crippen molar-refractivity contribution in [2.24, 2.45) is 0 Å². The number of thiazole rings is 1. The van der Waals surface area contributed by atoms with Gasteiger partial charge in [-0.25, -0.2) is 4.98 Å². The van der Waals surface area contributed by atoms with E-state index in [2.05, 4.69) is 10.3 Å². The van der Waals surface area contributed by atoms with Gasteiger partial charge in [0.15, 0.2) is 10.9 Å². The number of hydrogen-bond acceptors (Lipinski definition) is 7. The van der Waals surface area contributed by atoms with E-state index >= 15 is 0 Å². The number of carbonyl (C=O) groups is 1. The number of amides is 1. The summed E-state index contributed by atoms with van der Waals surface area (Å²) in [6.07, 6.45) is 0. The molecule has 2 heterocycles. The molecule has 0 saturated heterocycles. The summed E-state index contributed by atoms with van der Waals surface area (Å²) in [7, 11) is 1.50. The fourth-order valence-electron chi connectivity index (χ4n) is 1.85. The number of nitrogens with zero attached hydrogens (tertiary/aromatic N) is 2. The van der Waals surface area contributed by atoms with E-state index in [0.717, 1.165) is 10.8 Å². The molecule has 2 aromatic heterocycles. The molecule has 118 valence electrons. The van der Waals surface area contributed by atoms with Crippen LogP contribution >= 0.6 is 22.9 Å². The molecule has 0 saturated carbocycles. The molecule has 3 aromatic rings. The van der Waals surface area contributed by atoms with Crippen LogP contribution in [0.25, 0.3) is 10.2 Å². The van der Waals surface area contributed by atoms with E-state index < -0.39 is 16.7 Å². The van der Waals surface area contributed by atoms with Gasteiger partial charge in [-0.15, -0.1) is 0 Å². The summed E-state index contributed by atoms with van der Waals surface area (Å²) in [6, 6.07) is 5.67. The number of benzene rings is 1. The van der Waals surface area contributed by atoms with Crippen LogP contribution in [-0.4, -0.2) is 22.9 Å². The highest BCUT2D eigenvalue weighted by molar-refractivity contribution is 7.22. The number of nitro groups is 1. The molecule has 0 radical (unpaired) electrons. The van der Waals surface area contributed by atoms with Crippen LogP contribution in [0.15, 0.2) is 28.7 Å². The summed E-state index contributed by atoms with van der Waals surface area (Å²) < 4.78 is 10.7. The Morgan fingerprint density at radius 3 is 2.91 bits per heavy atom. The maximum Gasteiger partial charge on any atom is 0.433 e. The number of ether oxygens (including phenoxy) is 1. The minimum Gasteiger partial charge on any atom is -0.495 e. The minimum atomic E-state index is -0.719. The second kappa shape index (κ2) is 5.86. The van der Waals surface area contributed by atoms with Crippen LogP contribution in [0, 0.1) is 10.1 Å². The lowest BCUT2D eigenvalue weighted by Gasteiger charge is -2.00. The summed E-state index contributed by atoms with van der Waals surface area (Å²) in [5, 5.41) is 13.8. The Bertz CT molecular complexity index is 920. The zero-order valence-electron chi connectivity index (χ0n) is 11.5. The molecule has 0 unspecified atom stereocenters. The zero-order valence-corrected chi connectivity index (χ0v) is 13.1. The second-order valence-electron chi connectivity index (χ2n) is 4.32. The van der Waals surface area contributed by atoms with Crippen molar-refractivity contribution in [3.63, 3.8) is 0 Å². The fraction of sp³-hybridized carbons (Fsp3) is 0.0769. The number of aromatic nitrogens is 1. The molecule has 0 aliphatic heterocycles. The second-order valence-corrected chi connectivity index (χ2v) is 5.76. The van der Waals surface area contributed by atoms with Crippen molar-refractivity contribution in [2.75, 3.05) is 12.4 Å². The predicted octanol–water partition coefficient (Wildman–Crippen LogP) is 3.71. The first kappa shape index (κ1) is 15.3. The summed E-state index contributed by atoms with van der Waals surface area (Å²) in [5.74, 6) is -0.805. The van der Waals surface area contributed by atoms with Crippen molar-refractivity contribution >= 4 is 50.1 Å². The van der Waals surface area contributed by atoms with E-state index in [4.69, 9.17) is 20.8 Å². The van der Waals surface area contributed by atoms with Gasteiger partial charge in [-0.2, -0.15) is 0 Å². The van der Waals surface area contributed by atoms with E-state index in [1.165, 1.54) is 24.5 Å². The third-order valence-electron chi connectivity index (χ3n) is 2.88. The molecule has 0 bridgehead atoms. The van der Waals surface area contributed by atoms with Gasteiger partial charge in [-0.3, -0.25) is 20.2 Å².